The normalized spacial score (nSPS) is 30.5. The molecule has 2 atom stereocenters. The van der Waals surface area contributed by atoms with Gasteiger partial charge in [0.25, 0.3) is 0 Å². The molecule has 2 aliphatic rings. The quantitative estimate of drug-likeness (QED) is 0.733. The standard InChI is InChI=1S/C11H14N2O/c1-7-4-11(14-13-7)8-2-3-9-6-12-10(9)5-8/h2,4,9-10,12H,3,5-6H2,1H3. The topological polar surface area (TPSA) is 38.1 Å². The van der Waals surface area contributed by atoms with Crippen molar-refractivity contribution < 1.29 is 4.52 Å². The summed E-state index contributed by atoms with van der Waals surface area (Å²) >= 11 is 0. The zero-order valence-electron chi connectivity index (χ0n) is 8.29. The van der Waals surface area contributed by atoms with Gasteiger partial charge >= 0.3 is 0 Å². The van der Waals surface area contributed by atoms with Gasteiger partial charge in [0.15, 0.2) is 5.76 Å². The van der Waals surface area contributed by atoms with E-state index in [1.165, 1.54) is 18.5 Å². The van der Waals surface area contributed by atoms with Crippen molar-refractivity contribution in [1.29, 1.82) is 0 Å². The molecule has 0 bridgehead atoms. The van der Waals surface area contributed by atoms with Crippen LogP contribution in [-0.4, -0.2) is 17.7 Å². The van der Waals surface area contributed by atoms with E-state index in [2.05, 4.69) is 16.5 Å². The summed E-state index contributed by atoms with van der Waals surface area (Å²) < 4.78 is 5.27. The van der Waals surface area contributed by atoms with Crippen molar-refractivity contribution in [3.8, 4) is 0 Å². The smallest absolute Gasteiger partial charge is 0.162 e. The maximum atomic E-state index is 5.27. The summed E-state index contributed by atoms with van der Waals surface area (Å²) in [5, 5.41) is 7.37. The highest BCUT2D eigenvalue weighted by Crippen LogP contribution is 2.34. The average Bonchev–Trinajstić information content (AvgIpc) is 2.54. The maximum Gasteiger partial charge on any atom is 0.162 e. The van der Waals surface area contributed by atoms with Gasteiger partial charge in [0.1, 0.15) is 0 Å². The first-order valence-electron chi connectivity index (χ1n) is 5.19. The molecule has 1 fully saturated rings. The van der Waals surface area contributed by atoms with Crippen LogP contribution in [0.3, 0.4) is 0 Å². The molecule has 2 unspecified atom stereocenters. The molecule has 0 aromatic carbocycles. The highest BCUT2D eigenvalue weighted by Gasteiger charge is 2.33. The Bertz CT molecular complexity index is 380. The van der Waals surface area contributed by atoms with Crippen molar-refractivity contribution in [1.82, 2.24) is 10.5 Å². The van der Waals surface area contributed by atoms with Crippen LogP contribution in [0.15, 0.2) is 16.7 Å². The molecule has 0 spiro atoms. The average molecular weight is 190 g/mol. The number of fused-ring (bicyclic) bond motifs is 1. The monoisotopic (exact) mass is 190 g/mol. The fourth-order valence-electron chi connectivity index (χ4n) is 2.27. The molecule has 3 heteroatoms. The van der Waals surface area contributed by atoms with Crippen molar-refractivity contribution in [3.05, 3.63) is 23.6 Å². The zero-order chi connectivity index (χ0) is 9.54. The van der Waals surface area contributed by atoms with Crippen LogP contribution in [0.1, 0.15) is 24.3 Å². The predicted molar refractivity (Wildman–Crippen MR) is 53.7 cm³/mol. The molecule has 3 rings (SSSR count). The predicted octanol–water partition coefficient (Wildman–Crippen LogP) is 1.75. The van der Waals surface area contributed by atoms with Crippen LogP contribution in [-0.2, 0) is 0 Å². The number of aryl methyl sites for hydroxylation is 1. The fraction of sp³-hybridized carbons (Fsp3) is 0.545. The Labute approximate surface area is 83.2 Å². The van der Waals surface area contributed by atoms with Gasteiger partial charge in [0.2, 0.25) is 0 Å². The molecular formula is C11H14N2O. The van der Waals surface area contributed by atoms with Crippen LogP contribution < -0.4 is 5.32 Å². The van der Waals surface area contributed by atoms with Crippen molar-refractivity contribution in [2.75, 3.05) is 6.54 Å². The summed E-state index contributed by atoms with van der Waals surface area (Å²) in [4.78, 5) is 0. The van der Waals surface area contributed by atoms with Gasteiger partial charge < -0.3 is 9.84 Å². The minimum absolute atomic E-state index is 0.681. The second-order valence-corrected chi connectivity index (χ2v) is 4.28. The van der Waals surface area contributed by atoms with Crippen LogP contribution in [0, 0.1) is 12.8 Å². The largest absolute Gasteiger partial charge is 0.356 e. The first kappa shape index (κ1) is 8.24. The van der Waals surface area contributed by atoms with Crippen LogP contribution in [0.25, 0.3) is 5.57 Å². The number of hydrogen-bond donors (Lipinski definition) is 1. The third-order valence-electron chi connectivity index (χ3n) is 3.26. The Balaban J connectivity index is 1.85. The molecule has 0 radical (unpaired) electrons. The van der Waals surface area contributed by atoms with Gasteiger partial charge in [-0.2, -0.15) is 0 Å². The SMILES string of the molecule is Cc1cc(C2=CCC3CNC3C2)on1. The number of allylic oxidation sites excluding steroid dienone is 1. The highest BCUT2D eigenvalue weighted by atomic mass is 16.5. The Morgan fingerprint density at radius 3 is 3.07 bits per heavy atom. The van der Waals surface area contributed by atoms with Gasteiger partial charge in [-0.25, -0.2) is 0 Å². The van der Waals surface area contributed by atoms with E-state index < -0.39 is 0 Å². The van der Waals surface area contributed by atoms with E-state index in [1.807, 2.05) is 13.0 Å². The Hall–Kier alpha value is -1.09. The van der Waals surface area contributed by atoms with Gasteiger partial charge in [0.05, 0.1) is 5.69 Å². The highest BCUT2D eigenvalue weighted by molar-refractivity contribution is 5.63. The second-order valence-electron chi connectivity index (χ2n) is 4.28. The minimum atomic E-state index is 0.681. The maximum absolute atomic E-state index is 5.27. The van der Waals surface area contributed by atoms with Gasteiger partial charge in [-0.05, 0) is 31.3 Å². The first-order chi connectivity index (χ1) is 6.83. The molecule has 1 aliphatic carbocycles. The van der Waals surface area contributed by atoms with Crippen LogP contribution in [0.2, 0.25) is 0 Å². The lowest BCUT2D eigenvalue weighted by Crippen LogP contribution is -2.53. The fourth-order valence-corrected chi connectivity index (χ4v) is 2.27. The second kappa shape index (κ2) is 2.95. The molecule has 1 saturated heterocycles. The van der Waals surface area contributed by atoms with Gasteiger partial charge in [-0.3, -0.25) is 0 Å². The summed E-state index contributed by atoms with van der Waals surface area (Å²) in [7, 11) is 0. The lowest BCUT2D eigenvalue weighted by atomic mass is 9.79. The molecule has 1 aromatic heterocycles. The van der Waals surface area contributed by atoms with E-state index in [1.54, 1.807) is 0 Å². The Morgan fingerprint density at radius 2 is 2.50 bits per heavy atom. The van der Waals surface area contributed by atoms with Gasteiger partial charge in [-0.15, -0.1) is 0 Å². The molecular weight excluding hydrogens is 176 g/mol. The molecule has 0 amide bonds. The molecule has 2 heterocycles. The lowest BCUT2D eigenvalue weighted by molar-refractivity contribution is 0.229. The third kappa shape index (κ3) is 1.20. The summed E-state index contributed by atoms with van der Waals surface area (Å²) in [6.45, 7) is 3.14. The first-order valence-corrected chi connectivity index (χ1v) is 5.19. The summed E-state index contributed by atoms with van der Waals surface area (Å²) in [5.41, 5.74) is 2.28. The van der Waals surface area contributed by atoms with Gasteiger partial charge in [-0.1, -0.05) is 11.2 Å². The van der Waals surface area contributed by atoms with E-state index in [0.29, 0.717) is 6.04 Å². The van der Waals surface area contributed by atoms with E-state index >= 15 is 0 Å². The molecule has 1 N–H and O–H groups in total. The number of nitrogens with one attached hydrogen (secondary N) is 1. The van der Waals surface area contributed by atoms with E-state index in [-0.39, 0.29) is 0 Å². The van der Waals surface area contributed by atoms with Crippen molar-refractivity contribution in [2.45, 2.75) is 25.8 Å². The van der Waals surface area contributed by atoms with Crippen LogP contribution in [0.5, 0.6) is 0 Å². The summed E-state index contributed by atoms with van der Waals surface area (Å²) in [5.74, 6) is 1.82. The summed E-state index contributed by atoms with van der Waals surface area (Å²) in [6, 6.07) is 2.70. The Morgan fingerprint density at radius 1 is 1.57 bits per heavy atom. The number of hydrogen-bond acceptors (Lipinski definition) is 3. The molecule has 3 nitrogen and oxygen atoms in total. The van der Waals surface area contributed by atoms with E-state index in [9.17, 15) is 0 Å². The molecule has 1 aliphatic heterocycles. The van der Waals surface area contributed by atoms with Crippen molar-refractivity contribution in [3.63, 3.8) is 0 Å². The molecule has 14 heavy (non-hydrogen) atoms. The molecule has 74 valence electrons. The summed E-state index contributed by atoms with van der Waals surface area (Å²) in [6.07, 6.45) is 4.59. The van der Waals surface area contributed by atoms with E-state index in [4.69, 9.17) is 4.52 Å². The van der Waals surface area contributed by atoms with Crippen molar-refractivity contribution in [2.24, 2.45) is 5.92 Å². The zero-order valence-corrected chi connectivity index (χ0v) is 8.29. The van der Waals surface area contributed by atoms with Crippen LogP contribution in [0.4, 0.5) is 0 Å². The molecule has 0 saturated carbocycles. The number of aromatic nitrogens is 1. The Kier molecular flexibility index (Phi) is 1.74. The molecule has 1 aromatic rings. The van der Waals surface area contributed by atoms with Crippen molar-refractivity contribution >= 4 is 5.57 Å². The third-order valence-corrected chi connectivity index (χ3v) is 3.26. The van der Waals surface area contributed by atoms with Crippen LogP contribution >= 0.6 is 0 Å². The van der Waals surface area contributed by atoms with Gasteiger partial charge in [0, 0.05) is 18.7 Å². The number of nitrogens with zero attached hydrogens (tertiary/aromatic N) is 1. The minimum Gasteiger partial charge on any atom is -0.356 e. The lowest BCUT2D eigenvalue weighted by Gasteiger charge is -2.40. The van der Waals surface area contributed by atoms with E-state index in [0.717, 1.165) is 23.8 Å². The number of rotatable bonds is 1.